The van der Waals surface area contributed by atoms with Crippen LogP contribution in [0.25, 0.3) is 22.2 Å². The van der Waals surface area contributed by atoms with Crippen molar-refractivity contribution in [3.63, 3.8) is 0 Å². The summed E-state index contributed by atoms with van der Waals surface area (Å²) in [5, 5.41) is 0. The number of carbonyl (C=O) groups excluding carboxylic acids is 1. The van der Waals surface area contributed by atoms with Crippen LogP contribution in [0, 0.1) is 0 Å². The highest BCUT2D eigenvalue weighted by Gasteiger charge is 2.09. The van der Waals surface area contributed by atoms with Gasteiger partial charge in [-0.2, -0.15) is 0 Å². The van der Waals surface area contributed by atoms with Crippen LogP contribution in [0.5, 0.6) is 0 Å². The van der Waals surface area contributed by atoms with E-state index in [4.69, 9.17) is 0 Å². The highest BCUT2D eigenvalue weighted by atomic mass is 16.1. The van der Waals surface area contributed by atoms with E-state index in [-0.39, 0.29) is 0 Å². The van der Waals surface area contributed by atoms with Crippen LogP contribution >= 0.6 is 0 Å². The Kier molecular flexibility index (Phi) is 2.45. The van der Waals surface area contributed by atoms with Gasteiger partial charge >= 0.3 is 0 Å². The van der Waals surface area contributed by atoms with Crippen molar-refractivity contribution in [1.82, 2.24) is 9.55 Å². The Morgan fingerprint density at radius 3 is 2.61 bits per heavy atom. The first-order valence-corrected chi connectivity index (χ1v) is 5.75. The van der Waals surface area contributed by atoms with Crippen LogP contribution in [0.15, 0.2) is 48.8 Å². The number of fused-ring (bicyclic) bond motifs is 1. The Labute approximate surface area is 105 Å². The van der Waals surface area contributed by atoms with Crippen molar-refractivity contribution in [2.75, 3.05) is 0 Å². The topological polar surface area (TPSA) is 34.9 Å². The lowest BCUT2D eigenvalue weighted by atomic mass is 10.0. The number of aromatic nitrogens is 2. The van der Waals surface area contributed by atoms with Crippen molar-refractivity contribution in [1.29, 1.82) is 0 Å². The molecule has 0 unspecified atom stereocenters. The average molecular weight is 236 g/mol. The Balaban J connectivity index is 2.30. The third-order valence-corrected chi connectivity index (χ3v) is 3.08. The molecule has 2 aromatic carbocycles. The maximum absolute atomic E-state index is 11.2. The summed E-state index contributed by atoms with van der Waals surface area (Å²) in [6.45, 7) is 0. The highest BCUT2D eigenvalue weighted by Crippen LogP contribution is 2.26. The quantitative estimate of drug-likeness (QED) is 0.641. The molecule has 0 spiro atoms. The number of nitrogens with zero attached hydrogens (tertiary/aromatic N) is 2. The molecular weight excluding hydrogens is 224 g/mol. The van der Waals surface area contributed by atoms with E-state index in [9.17, 15) is 4.79 Å². The van der Waals surface area contributed by atoms with E-state index in [2.05, 4.69) is 4.98 Å². The van der Waals surface area contributed by atoms with Gasteiger partial charge in [-0.3, -0.25) is 4.79 Å². The molecule has 1 aromatic heterocycles. The molecule has 0 atom stereocenters. The third kappa shape index (κ3) is 1.61. The minimum absolute atomic E-state index is 0.673. The fraction of sp³-hybridized carbons (Fsp3) is 0.0667. The second-order valence-corrected chi connectivity index (χ2v) is 4.27. The van der Waals surface area contributed by atoms with Gasteiger partial charge in [-0.05, 0) is 23.3 Å². The molecule has 0 bridgehead atoms. The molecule has 3 aromatic rings. The monoisotopic (exact) mass is 236 g/mol. The van der Waals surface area contributed by atoms with Crippen molar-refractivity contribution >= 4 is 17.3 Å². The minimum Gasteiger partial charge on any atom is -0.333 e. The lowest BCUT2D eigenvalue weighted by molar-refractivity contribution is 0.112. The summed E-state index contributed by atoms with van der Waals surface area (Å²) in [4.78, 5) is 15.5. The minimum atomic E-state index is 0.673. The number of benzene rings is 2. The number of imidazole rings is 1. The molecular formula is C15H12N2O. The summed E-state index contributed by atoms with van der Waals surface area (Å²) in [7, 11) is 1.89. The van der Waals surface area contributed by atoms with E-state index in [1.807, 2.05) is 54.1 Å². The number of hydrogen-bond donors (Lipinski definition) is 0. The van der Waals surface area contributed by atoms with Crippen molar-refractivity contribution in [2.45, 2.75) is 0 Å². The standard InChI is InChI=1S/C15H12N2O/c1-17-10-16-14-8-12(7-13(9-18)15(14)17)11-5-3-2-4-6-11/h2-10H,1H3. The van der Waals surface area contributed by atoms with Crippen LogP contribution in [0.4, 0.5) is 0 Å². The zero-order valence-corrected chi connectivity index (χ0v) is 10.00. The van der Waals surface area contributed by atoms with E-state index in [1.165, 1.54) is 0 Å². The van der Waals surface area contributed by atoms with Gasteiger partial charge in [0.25, 0.3) is 0 Å². The number of aryl methyl sites for hydroxylation is 1. The van der Waals surface area contributed by atoms with E-state index in [1.54, 1.807) is 6.33 Å². The van der Waals surface area contributed by atoms with Crippen molar-refractivity contribution in [3.8, 4) is 11.1 Å². The molecule has 0 aliphatic carbocycles. The van der Waals surface area contributed by atoms with Crippen molar-refractivity contribution < 1.29 is 4.79 Å². The third-order valence-electron chi connectivity index (χ3n) is 3.08. The predicted octanol–water partition coefficient (Wildman–Crippen LogP) is 3.05. The Bertz CT molecular complexity index is 714. The smallest absolute Gasteiger partial charge is 0.152 e. The van der Waals surface area contributed by atoms with Gasteiger partial charge in [0.2, 0.25) is 0 Å². The van der Waals surface area contributed by atoms with Gasteiger partial charge < -0.3 is 4.57 Å². The van der Waals surface area contributed by atoms with Crippen LogP contribution in [0.3, 0.4) is 0 Å². The molecule has 0 fully saturated rings. The van der Waals surface area contributed by atoms with Crippen molar-refractivity contribution in [3.05, 3.63) is 54.4 Å². The fourth-order valence-electron chi connectivity index (χ4n) is 2.22. The maximum atomic E-state index is 11.2. The summed E-state index contributed by atoms with van der Waals surface area (Å²) < 4.78 is 1.87. The lowest BCUT2D eigenvalue weighted by Crippen LogP contribution is -1.91. The molecule has 1 heterocycles. The molecule has 0 saturated carbocycles. The van der Waals surface area contributed by atoms with E-state index in [0.29, 0.717) is 5.56 Å². The van der Waals surface area contributed by atoms with Crippen LogP contribution in [-0.4, -0.2) is 15.8 Å². The average Bonchev–Trinajstić information content (AvgIpc) is 2.81. The van der Waals surface area contributed by atoms with Gasteiger partial charge in [-0.1, -0.05) is 30.3 Å². The number of aldehydes is 1. The van der Waals surface area contributed by atoms with Crippen LogP contribution in [-0.2, 0) is 7.05 Å². The molecule has 0 aliphatic rings. The molecule has 18 heavy (non-hydrogen) atoms. The molecule has 0 saturated heterocycles. The SMILES string of the molecule is Cn1cnc2cc(-c3ccccc3)cc(C=O)c21. The largest absolute Gasteiger partial charge is 0.333 e. The second-order valence-electron chi connectivity index (χ2n) is 4.27. The second kappa shape index (κ2) is 4.11. The number of carbonyl (C=O) groups is 1. The molecule has 0 radical (unpaired) electrons. The molecule has 3 heteroatoms. The van der Waals surface area contributed by atoms with Gasteiger partial charge in [0, 0.05) is 12.6 Å². The lowest BCUT2D eigenvalue weighted by Gasteiger charge is -2.04. The van der Waals surface area contributed by atoms with E-state index < -0.39 is 0 Å². The summed E-state index contributed by atoms with van der Waals surface area (Å²) in [5.74, 6) is 0. The Morgan fingerprint density at radius 1 is 1.11 bits per heavy atom. The van der Waals surface area contributed by atoms with Gasteiger partial charge in [0.15, 0.2) is 6.29 Å². The Hall–Kier alpha value is -2.42. The van der Waals surface area contributed by atoms with Crippen LogP contribution < -0.4 is 0 Å². The maximum Gasteiger partial charge on any atom is 0.152 e. The molecule has 0 aliphatic heterocycles. The number of rotatable bonds is 2. The first-order valence-electron chi connectivity index (χ1n) is 5.75. The zero-order chi connectivity index (χ0) is 12.5. The summed E-state index contributed by atoms with van der Waals surface area (Å²) >= 11 is 0. The van der Waals surface area contributed by atoms with E-state index in [0.717, 1.165) is 28.4 Å². The van der Waals surface area contributed by atoms with Crippen LogP contribution in [0.2, 0.25) is 0 Å². The van der Waals surface area contributed by atoms with Gasteiger partial charge in [0.05, 0.1) is 17.4 Å². The predicted molar refractivity (Wildman–Crippen MR) is 71.5 cm³/mol. The first-order chi connectivity index (χ1) is 8.79. The Morgan fingerprint density at radius 2 is 1.89 bits per heavy atom. The number of hydrogen-bond acceptors (Lipinski definition) is 2. The van der Waals surface area contributed by atoms with Gasteiger partial charge in [-0.25, -0.2) is 4.98 Å². The summed E-state index contributed by atoms with van der Waals surface area (Å²) in [5.41, 5.74) is 4.51. The zero-order valence-electron chi connectivity index (χ0n) is 10.00. The van der Waals surface area contributed by atoms with Crippen molar-refractivity contribution in [2.24, 2.45) is 7.05 Å². The molecule has 3 rings (SSSR count). The normalized spacial score (nSPS) is 10.7. The first kappa shape index (κ1) is 10.7. The summed E-state index contributed by atoms with van der Waals surface area (Å²) in [6, 6.07) is 13.9. The molecule has 0 N–H and O–H groups in total. The molecule has 3 nitrogen and oxygen atoms in total. The molecule has 88 valence electrons. The van der Waals surface area contributed by atoms with E-state index >= 15 is 0 Å². The fourth-order valence-corrected chi connectivity index (χ4v) is 2.22. The highest BCUT2D eigenvalue weighted by molar-refractivity contribution is 5.97. The summed E-state index contributed by atoms with van der Waals surface area (Å²) in [6.07, 6.45) is 2.61. The molecule has 0 amide bonds. The van der Waals surface area contributed by atoms with Gasteiger partial charge in [0.1, 0.15) is 0 Å². The van der Waals surface area contributed by atoms with Gasteiger partial charge in [-0.15, -0.1) is 0 Å². The van der Waals surface area contributed by atoms with Crippen LogP contribution in [0.1, 0.15) is 10.4 Å².